The monoisotopic (exact) mass is 493 g/mol. The Morgan fingerprint density at radius 1 is 1.15 bits per heavy atom. The number of aromatic nitrogens is 1. The van der Waals surface area contributed by atoms with E-state index in [1.165, 1.54) is 12.1 Å². The lowest BCUT2D eigenvalue weighted by Crippen LogP contribution is -2.49. The standard InChI is InChI=1S/C18H16F4IN3O/c1-11-8-12(18(20,21)22)10-24-16(11)25-4-6-26(7-5-25)17(27)14-3-2-13(23)9-15(14)19/h2-3,8-10H,4-7H2,1H3. The quantitative estimate of drug-likeness (QED) is 0.467. The molecule has 0 radical (unpaired) electrons. The predicted molar refractivity (Wildman–Crippen MR) is 101 cm³/mol. The highest BCUT2D eigenvalue weighted by Crippen LogP contribution is 2.31. The first-order valence-electron chi connectivity index (χ1n) is 8.20. The molecular formula is C18H16F4IN3O. The van der Waals surface area contributed by atoms with Gasteiger partial charge in [0.2, 0.25) is 0 Å². The Labute approximate surface area is 167 Å². The molecule has 0 saturated carbocycles. The van der Waals surface area contributed by atoms with Crippen LogP contribution in [-0.4, -0.2) is 42.0 Å². The van der Waals surface area contributed by atoms with Crippen molar-refractivity contribution in [3.63, 3.8) is 0 Å². The summed E-state index contributed by atoms with van der Waals surface area (Å²) >= 11 is 1.97. The highest BCUT2D eigenvalue weighted by atomic mass is 127. The minimum absolute atomic E-state index is 0.0210. The molecule has 1 aromatic carbocycles. The molecular weight excluding hydrogens is 477 g/mol. The Bertz CT molecular complexity index is 864. The van der Waals surface area contributed by atoms with E-state index in [4.69, 9.17) is 0 Å². The molecule has 3 rings (SSSR count). The van der Waals surface area contributed by atoms with Crippen LogP contribution in [0.2, 0.25) is 0 Å². The van der Waals surface area contributed by atoms with Crippen molar-refractivity contribution in [1.29, 1.82) is 0 Å². The van der Waals surface area contributed by atoms with E-state index in [9.17, 15) is 22.4 Å². The molecule has 4 nitrogen and oxygen atoms in total. The molecule has 27 heavy (non-hydrogen) atoms. The average Bonchev–Trinajstić information content (AvgIpc) is 2.60. The second-order valence-electron chi connectivity index (χ2n) is 6.27. The van der Waals surface area contributed by atoms with Gasteiger partial charge < -0.3 is 9.80 Å². The number of piperazine rings is 1. The van der Waals surface area contributed by atoms with Crippen molar-refractivity contribution in [2.45, 2.75) is 13.1 Å². The van der Waals surface area contributed by atoms with Crippen LogP contribution in [0.3, 0.4) is 0 Å². The van der Waals surface area contributed by atoms with Crippen molar-refractivity contribution in [2.75, 3.05) is 31.1 Å². The average molecular weight is 493 g/mol. The number of pyridine rings is 1. The molecule has 1 fully saturated rings. The van der Waals surface area contributed by atoms with Gasteiger partial charge in [-0.25, -0.2) is 9.37 Å². The summed E-state index contributed by atoms with van der Waals surface area (Å²) in [6.45, 7) is 3.09. The molecule has 0 atom stereocenters. The normalized spacial score (nSPS) is 15.2. The van der Waals surface area contributed by atoms with Crippen LogP contribution in [0.5, 0.6) is 0 Å². The van der Waals surface area contributed by atoms with Crippen LogP contribution in [-0.2, 0) is 6.18 Å². The fourth-order valence-electron chi connectivity index (χ4n) is 3.01. The molecule has 0 bridgehead atoms. The zero-order valence-corrected chi connectivity index (χ0v) is 16.5. The predicted octanol–water partition coefficient (Wildman–Crippen LogP) is 4.11. The molecule has 0 N–H and O–H groups in total. The largest absolute Gasteiger partial charge is 0.417 e. The number of anilines is 1. The number of carbonyl (C=O) groups is 1. The summed E-state index contributed by atoms with van der Waals surface area (Å²) in [6.07, 6.45) is -3.61. The summed E-state index contributed by atoms with van der Waals surface area (Å²) in [4.78, 5) is 19.9. The van der Waals surface area contributed by atoms with E-state index < -0.39 is 17.6 Å². The third kappa shape index (κ3) is 4.33. The zero-order chi connectivity index (χ0) is 19.8. The summed E-state index contributed by atoms with van der Waals surface area (Å²) < 4.78 is 53.0. The van der Waals surface area contributed by atoms with E-state index in [0.717, 1.165) is 12.3 Å². The van der Waals surface area contributed by atoms with Crippen molar-refractivity contribution in [3.05, 3.63) is 56.5 Å². The molecule has 1 saturated heterocycles. The summed E-state index contributed by atoms with van der Waals surface area (Å²) in [5.41, 5.74) is -0.340. The fraction of sp³-hybridized carbons (Fsp3) is 0.333. The van der Waals surface area contributed by atoms with Gasteiger partial charge in [-0.1, -0.05) is 0 Å². The fourth-order valence-corrected chi connectivity index (χ4v) is 3.46. The summed E-state index contributed by atoms with van der Waals surface area (Å²) in [5, 5.41) is 0. The minimum atomic E-state index is -4.43. The van der Waals surface area contributed by atoms with E-state index >= 15 is 0 Å². The van der Waals surface area contributed by atoms with Gasteiger partial charge in [-0.05, 0) is 59.3 Å². The van der Waals surface area contributed by atoms with E-state index in [-0.39, 0.29) is 11.5 Å². The van der Waals surface area contributed by atoms with Crippen LogP contribution in [0.4, 0.5) is 23.4 Å². The number of hydrogen-bond acceptors (Lipinski definition) is 3. The number of nitrogens with zero attached hydrogens (tertiary/aromatic N) is 3. The van der Waals surface area contributed by atoms with Crippen molar-refractivity contribution in [3.8, 4) is 0 Å². The summed E-state index contributed by atoms with van der Waals surface area (Å²) in [5.74, 6) is -0.481. The van der Waals surface area contributed by atoms with Crippen molar-refractivity contribution < 1.29 is 22.4 Å². The Kier molecular flexibility index (Phi) is 5.59. The topological polar surface area (TPSA) is 36.4 Å². The molecule has 1 aromatic heterocycles. The highest BCUT2D eigenvalue weighted by Gasteiger charge is 2.32. The lowest BCUT2D eigenvalue weighted by atomic mass is 10.1. The SMILES string of the molecule is Cc1cc(C(F)(F)F)cnc1N1CCN(C(=O)c2ccc(I)cc2F)CC1. The molecule has 144 valence electrons. The smallest absolute Gasteiger partial charge is 0.353 e. The maximum atomic E-state index is 14.0. The molecule has 9 heteroatoms. The van der Waals surface area contributed by atoms with Crippen LogP contribution in [0.15, 0.2) is 30.5 Å². The summed E-state index contributed by atoms with van der Waals surface area (Å²) in [6, 6.07) is 5.51. The molecule has 1 amide bonds. The van der Waals surface area contributed by atoms with Gasteiger partial charge in [0.1, 0.15) is 11.6 Å². The molecule has 1 aliphatic rings. The number of carbonyl (C=O) groups excluding carboxylic acids is 1. The number of benzene rings is 1. The lowest BCUT2D eigenvalue weighted by molar-refractivity contribution is -0.137. The number of alkyl halides is 3. The van der Waals surface area contributed by atoms with Crippen LogP contribution < -0.4 is 4.90 Å². The van der Waals surface area contributed by atoms with E-state index in [1.54, 1.807) is 17.9 Å². The number of rotatable bonds is 2. The number of hydrogen-bond donors (Lipinski definition) is 0. The van der Waals surface area contributed by atoms with Gasteiger partial charge in [0.25, 0.3) is 5.91 Å². The molecule has 2 aromatic rings. The Morgan fingerprint density at radius 3 is 2.37 bits per heavy atom. The molecule has 0 spiro atoms. The number of aryl methyl sites for hydroxylation is 1. The van der Waals surface area contributed by atoms with E-state index in [2.05, 4.69) is 4.98 Å². The maximum Gasteiger partial charge on any atom is 0.417 e. The second-order valence-corrected chi connectivity index (χ2v) is 7.51. The van der Waals surface area contributed by atoms with Gasteiger partial charge in [-0.15, -0.1) is 0 Å². The van der Waals surface area contributed by atoms with Crippen LogP contribution in [0, 0.1) is 16.3 Å². The third-order valence-corrected chi connectivity index (χ3v) is 5.08. The highest BCUT2D eigenvalue weighted by molar-refractivity contribution is 14.1. The van der Waals surface area contributed by atoms with Crippen LogP contribution >= 0.6 is 22.6 Å². The van der Waals surface area contributed by atoms with E-state index in [0.29, 0.717) is 41.1 Å². The number of halogens is 5. The van der Waals surface area contributed by atoms with Gasteiger partial charge >= 0.3 is 6.18 Å². The van der Waals surface area contributed by atoms with Crippen molar-refractivity contribution in [2.24, 2.45) is 0 Å². The van der Waals surface area contributed by atoms with Gasteiger partial charge in [0.05, 0.1) is 11.1 Å². The Balaban J connectivity index is 1.69. The van der Waals surface area contributed by atoms with Gasteiger partial charge in [0.15, 0.2) is 0 Å². The first-order valence-corrected chi connectivity index (χ1v) is 9.28. The Morgan fingerprint density at radius 2 is 1.81 bits per heavy atom. The number of amides is 1. The third-order valence-electron chi connectivity index (χ3n) is 4.41. The van der Waals surface area contributed by atoms with Crippen LogP contribution in [0.25, 0.3) is 0 Å². The molecule has 0 aliphatic carbocycles. The first-order chi connectivity index (χ1) is 12.7. The van der Waals surface area contributed by atoms with E-state index in [1.807, 2.05) is 27.5 Å². The van der Waals surface area contributed by atoms with Gasteiger partial charge in [0, 0.05) is 35.9 Å². The van der Waals surface area contributed by atoms with Crippen molar-refractivity contribution in [1.82, 2.24) is 9.88 Å². The van der Waals surface area contributed by atoms with Gasteiger partial charge in [-0.2, -0.15) is 13.2 Å². The minimum Gasteiger partial charge on any atom is -0.353 e. The Hall–Kier alpha value is -1.91. The molecule has 0 unspecified atom stereocenters. The lowest BCUT2D eigenvalue weighted by Gasteiger charge is -2.36. The zero-order valence-electron chi connectivity index (χ0n) is 14.4. The second kappa shape index (κ2) is 7.61. The maximum absolute atomic E-state index is 14.0. The first kappa shape index (κ1) is 19.8. The summed E-state index contributed by atoms with van der Waals surface area (Å²) in [7, 11) is 0. The van der Waals surface area contributed by atoms with Crippen molar-refractivity contribution >= 4 is 34.3 Å². The molecule has 2 heterocycles. The molecule has 1 aliphatic heterocycles. The van der Waals surface area contributed by atoms with Crippen LogP contribution in [0.1, 0.15) is 21.5 Å². The van der Waals surface area contributed by atoms with Gasteiger partial charge in [-0.3, -0.25) is 4.79 Å².